The molecule has 188 valence electrons. The average molecular weight is 508 g/mol. The number of sulfonamides is 1. The van der Waals surface area contributed by atoms with Crippen LogP contribution in [0.2, 0.25) is 0 Å². The number of anilines is 1. The highest BCUT2D eigenvalue weighted by atomic mass is 32.2. The lowest BCUT2D eigenvalue weighted by Crippen LogP contribution is -2.42. The second kappa shape index (κ2) is 9.22. The van der Waals surface area contributed by atoms with Crippen molar-refractivity contribution < 1.29 is 23.4 Å². The maximum Gasteiger partial charge on any atom is 0.262 e. The third-order valence-electron chi connectivity index (χ3n) is 6.94. The monoisotopic (exact) mass is 507 g/mol. The Morgan fingerprint density at radius 3 is 2.58 bits per heavy atom. The second-order valence-corrected chi connectivity index (χ2v) is 11.5. The van der Waals surface area contributed by atoms with Crippen molar-refractivity contribution in [2.75, 3.05) is 11.4 Å². The Kier molecular flexibility index (Phi) is 6.22. The van der Waals surface area contributed by atoms with Gasteiger partial charge in [0.25, 0.3) is 5.91 Å². The Morgan fingerprint density at radius 2 is 1.89 bits per heavy atom. The first-order valence-electron chi connectivity index (χ1n) is 12.1. The zero-order valence-electron chi connectivity index (χ0n) is 20.2. The number of carbonyl (C=O) groups is 1. The van der Waals surface area contributed by atoms with Crippen LogP contribution in [0.15, 0.2) is 53.6 Å². The molecule has 0 radical (unpaired) electrons. The first-order chi connectivity index (χ1) is 17.1. The number of phenols is 2. The molecule has 9 heteroatoms. The van der Waals surface area contributed by atoms with E-state index in [4.69, 9.17) is 0 Å². The topological polar surface area (TPSA) is 120 Å². The van der Waals surface area contributed by atoms with Crippen LogP contribution < -0.4 is 9.62 Å². The van der Waals surface area contributed by atoms with Crippen LogP contribution in [0.1, 0.15) is 47.7 Å². The van der Waals surface area contributed by atoms with Crippen LogP contribution in [0.3, 0.4) is 0 Å². The maximum atomic E-state index is 13.4. The number of aromatic nitrogens is 1. The summed E-state index contributed by atoms with van der Waals surface area (Å²) >= 11 is 0. The van der Waals surface area contributed by atoms with Crippen LogP contribution in [-0.4, -0.2) is 42.1 Å². The van der Waals surface area contributed by atoms with Crippen LogP contribution >= 0.6 is 0 Å². The molecule has 1 atom stereocenters. The van der Waals surface area contributed by atoms with E-state index in [0.29, 0.717) is 18.2 Å². The highest BCUT2D eigenvalue weighted by molar-refractivity contribution is 7.89. The standard InChI is InChI=1S/C27H29N3O5S/c1-16-11-22(36(34,35)29-14-18-4-5-18)15-28-26(16)20-7-10-24-19(12-20)6-3-17(2)30(24)27(33)23-9-8-21(31)13-25(23)32/h7-13,15,17-18,29,31-32H,3-6,14H2,1-2H3/t17-/m0/s1. The van der Waals surface area contributed by atoms with Gasteiger partial charge in [0, 0.05) is 36.1 Å². The van der Waals surface area contributed by atoms with E-state index in [1.807, 2.05) is 32.0 Å². The predicted octanol–water partition coefficient (Wildman–Crippen LogP) is 4.14. The summed E-state index contributed by atoms with van der Waals surface area (Å²) < 4.78 is 27.9. The lowest BCUT2D eigenvalue weighted by Gasteiger charge is -2.35. The lowest BCUT2D eigenvalue weighted by atomic mass is 9.92. The quantitative estimate of drug-likeness (QED) is 0.461. The number of benzene rings is 2. The summed E-state index contributed by atoms with van der Waals surface area (Å²) in [7, 11) is -3.60. The molecule has 0 bridgehead atoms. The summed E-state index contributed by atoms with van der Waals surface area (Å²) in [5, 5.41) is 19.8. The molecule has 5 rings (SSSR count). The molecule has 1 aliphatic carbocycles. The van der Waals surface area contributed by atoms with Gasteiger partial charge in [-0.3, -0.25) is 9.78 Å². The molecule has 2 aliphatic rings. The lowest BCUT2D eigenvalue weighted by molar-refractivity contribution is 0.0972. The molecule has 2 aromatic carbocycles. The second-order valence-electron chi connectivity index (χ2n) is 9.74. The van der Waals surface area contributed by atoms with Gasteiger partial charge in [0.15, 0.2) is 0 Å². The molecule has 1 aromatic heterocycles. The van der Waals surface area contributed by atoms with Gasteiger partial charge in [-0.1, -0.05) is 6.07 Å². The van der Waals surface area contributed by atoms with Gasteiger partial charge in [-0.2, -0.15) is 0 Å². The molecule has 0 unspecified atom stereocenters. The fourth-order valence-electron chi connectivity index (χ4n) is 4.67. The molecule has 1 saturated carbocycles. The van der Waals surface area contributed by atoms with Crippen LogP contribution in [0.4, 0.5) is 5.69 Å². The summed E-state index contributed by atoms with van der Waals surface area (Å²) in [6.45, 7) is 4.27. The van der Waals surface area contributed by atoms with Gasteiger partial charge in [0.1, 0.15) is 16.4 Å². The zero-order valence-corrected chi connectivity index (χ0v) is 21.0. The van der Waals surface area contributed by atoms with Gasteiger partial charge >= 0.3 is 0 Å². The van der Waals surface area contributed by atoms with E-state index < -0.39 is 10.0 Å². The van der Waals surface area contributed by atoms with Gasteiger partial charge < -0.3 is 15.1 Å². The van der Waals surface area contributed by atoms with Gasteiger partial charge in [-0.15, -0.1) is 0 Å². The number of pyridine rings is 1. The van der Waals surface area contributed by atoms with Crippen LogP contribution in [0, 0.1) is 12.8 Å². The van der Waals surface area contributed by atoms with Crippen LogP contribution in [0.5, 0.6) is 11.5 Å². The molecule has 3 N–H and O–H groups in total. The Morgan fingerprint density at radius 1 is 1.11 bits per heavy atom. The molecule has 36 heavy (non-hydrogen) atoms. The molecule has 0 spiro atoms. The van der Waals surface area contributed by atoms with Crippen molar-refractivity contribution in [2.45, 2.75) is 50.5 Å². The average Bonchev–Trinajstić information content (AvgIpc) is 3.67. The van der Waals surface area contributed by atoms with E-state index >= 15 is 0 Å². The van der Waals surface area contributed by atoms with E-state index in [2.05, 4.69) is 9.71 Å². The number of amides is 1. The van der Waals surface area contributed by atoms with Crippen molar-refractivity contribution in [3.05, 3.63) is 65.4 Å². The highest BCUT2D eigenvalue weighted by Gasteiger charge is 2.31. The third kappa shape index (κ3) is 4.68. The molecule has 1 amide bonds. The smallest absolute Gasteiger partial charge is 0.262 e. The number of hydrogen-bond acceptors (Lipinski definition) is 6. The molecular formula is C27H29N3O5S. The summed E-state index contributed by atoms with van der Waals surface area (Å²) in [5.41, 5.74) is 4.14. The molecule has 1 aliphatic heterocycles. The third-order valence-corrected chi connectivity index (χ3v) is 8.33. The number of hydrogen-bond donors (Lipinski definition) is 3. The summed E-state index contributed by atoms with van der Waals surface area (Å²) in [5.74, 6) is -0.273. The van der Waals surface area contributed by atoms with Gasteiger partial charge in [0.05, 0.1) is 11.3 Å². The summed E-state index contributed by atoms with van der Waals surface area (Å²) in [4.78, 5) is 19.7. The van der Waals surface area contributed by atoms with E-state index in [9.17, 15) is 23.4 Å². The SMILES string of the molecule is Cc1cc(S(=O)(=O)NCC2CC2)cnc1-c1ccc2c(c1)CC[C@H](C)N2C(=O)c1ccc(O)cc1O. The Hall–Kier alpha value is -3.43. The fraction of sp³-hybridized carbons (Fsp3) is 0.333. The number of phenolic OH excluding ortho intramolecular Hbond substituents is 2. The number of carbonyl (C=O) groups excluding carboxylic acids is 1. The number of aromatic hydroxyl groups is 2. The number of nitrogens with zero attached hydrogens (tertiary/aromatic N) is 2. The van der Waals surface area contributed by atoms with E-state index in [0.717, 1.165) is 54.1 Å². The minimum atomic E-state index is -3.60. The largest absolute Gasteiger partial charge is 0.508 e. The molecule has 0 saturated heterocycles. The molecular weight excluding hydrogens is 478 g/mol. The van der Waals surface area contributed by atoms with E-state index in [-0.39, 0.29) is 33.9 Å². The molecule has 3 aromatic rings. The minimum Gasteiger partial charge on any atom is -0.508 e. The van der Waals surface area contributed by atoms with Crippen molar-refractivity contribution in [1.82, 2.24) is 9.71 Å². The van der Waals surface area contributed by atoms with Crippen molar-refractivity contribution in [3.8, 4) is 22.8 Å². The normalized spacial score (nSPS) is 17.6. The Balaban J connectivity index is 1.44. The fourth-order valence-corrected chi connectivity index (χ4v) is 5.82. The predicted molar refractivity (Wildman–Crippen MR) is 137 cm³/mol. The minimum absolute atomic E-state index is 0.0726. The maximum absolute atomic E-state index is 13.4. The van der Waals surface area contributed by atoms with Gasteiger partial charge in [-0.25, -0.2) is 13.1 Å². The molecule has 2 heterocycles. The first kappa shape index (κ1) is 24.3. The van der Waals surface area contributed by atoms with Gasteiger partial charge in [0.2, 0.25) is 10.0 Å². The van der Waals surface area contributed by atoms with E-state index in [1.165, 1.54) is 18.3 Å². The summed E-state index contributed by atoms with van der Waals surface area (Å²) in [6.07, 6.45) is 5.04. The molecule has 1 fully saturated rings. The first-order valence-corrected chi connectivity index (χ1v) is 13.6. The number of fused-ring (bicyclic) bond motifs is 1. The van der Waals surface area contributed by atoms with Crippen LogP contribution in [-0.2, 0) is 16.4 Å². The number of aryl methyl sites for hydroxylation is 2. The van der Waals surface area contributed by atoms with E-state index in [1.54, 1.807) is 11.0 Å². The van der Waals surface area contributed by atoms with Crippen LogP contribution in [0.25, 0.3) is 11.3 Å². The van der Waals surface area contributed by atoms with Crippen molar-refractivity contribution in [3.63, 3.8) is 0 Å². The zero-order chi connectivity index (χ0) is 25.6. The Labute approximate surface area is 210 Å². The van der Waals surface area contributed by atoms with Crippen molar-refractivity contribution in [1.29, 1.82) is 0 Å². The Bertz CT molecular complexity index is 1450. The van der Waals surface area contributed by atoms with Crippen molar-refractivity contribution in [2.24, 2.45) is 5.92 Å². The highest BCUT2D eigenvalue weighted by Crippen LogP contribution is 2.37. The van der Waals surface area contributed by atoms with Crippen molar-refractivity contribution >= 4 is 21.6 Å². The number of rotatable bonds is 6. The van der Waals surface area contributed by atoms with Gasteiger partial charge in [-0.05, 0) is 86.9 Å². The summed E-state index contributed by atoms with van der Waals surface area (Å²) in [6, 6.07) is 11.3. The number of nitrogens with one attached hydrogen (secondary N) is 1. The molecule has 8 nitrogen and oxygen atoms in total.